The summed E-state index contributed by atoms with van der Waals surface area (Å²) in [6, 6.07) is 3.78. The minimum Gasteiger partial charge on any atom is -0.504 e. The van der Waals surface area contributed by atoms with Gasteiger partial charge in [0.25, 0.3) is 5.78 Å². The second-order valence-electron chi connectivity index (χ2n) is 2.72. The highest BCUT2D eigenvalue weighted by molar-refractivity contribution is 6.41. The first-order valence-corrected chi connectivity index (χ1v) is 4.30. The van der Waals surface area contributed by atoms with Gasteiger partial charge in [-0.25, -0.2) is 4.79 Å². The van der Waals surface area contributed by atoms with Crippen LogP contribution in [0.3, 0.4) is 0 Å². The van der Waals surface area contributed by atoms with Gasteiger partial charge < -0.3 is 14.9 Å². The van der Waals surface area contributed by atoms with Gasteiger partial charge in [-0.15, -0.1) is 0 Å². The van der Waals surface area contributed by atoms with Crippen LogP contribution < -0.4 is 0 Å². The first-order chi connectivity index (χ1) is 7.07. The zero-order chi connectivity index (χ0) is 11.4. The van der Waals surface area contributed by atoms with Crippen molar-refractivity contribution in [3.05, 3.63) is 23.8 Å². The van der Waals surface area contributed by atoms with E-state index in [4.69, 9.17) is 5.11 Å². The number of rotatable bonds is 3. The molecule has 0 aliphatic rings. The Kier molecular flexibility index (Phi) is 3.28. The van der Waals surface area contributed by atoms with E-state index in [9.17, 15) is 14.7 Å². The van der Waals surface area contributed by atoms with Crippen LogP contribution in [0.2, 0.25) is 0 Å². The average molecular weight is 210 g/mol. The Balaban J connectivity index is 3.01. The van der Waals surface area contributed by atoms with Crippen molar-refractivity contribution in [2.75, 3.05) is 6.61 Å². The van der Waals surface area contributed by atoms with Crippen molar-refractivity contribution in [2.45, 2.75) is 6.92 Å². The Morgan fingerprint density at radius 3 is 2.60 bits per heavy atom. The lowest BCUT2D eigenvalue weighted by Gasteiger charge is -2.04. The summed E-state index contributed by atoms with van der Waals surface area (Å²) >= 11 is 0. The van der Waals surface area contributed by atoms with Gasteiger partial charge in [-0.2, -0.15) is 0 Å². The van der Waals surface area contributed by atoms with Crippen LogP contribution in [-0.2, 0) is 9.53 Å². The smallest absolute Gasteiger partial charge is 0.379 e. The first-order valence-electron chi connectivity index (χ1n) is 4.30. The normalized spacial score (nSPS) is 9.67. The standard InChI is InChI=1S/C10H10O5/c1-2-15-10(14)9(13)6-4-3-5-7(11)8(6)12/h3-5,11-12H,2H2,1H3. The Bertz CT molecular complexity index is 397. The highest BCUT2D eigenvalue weighted by atomic mass is 16.5. The van der Waals surface area contributed by atoms with E-state index in [2.05, 4.69) is 4.74 Å². The van der Waals surface area contributed by atoms with E-state index in [1.807, 2.05) is 0 Å². The number of hydrogen-bond donors (Lipinski definition) is 2. The van der Waals surface area contributed by atoms with Crippen molar-refractivity contribution < 1.29 is 24.5 Å². The Morgan fingerprint density at radius 1 is 1.33 bits per heavy atom. The minimum atomic E-state index is -1.06. The Labute approximate surface area is 85.9 Å². The van der Waals surface area contributed by atoms with Crippen molar-refractivity contribution in [3.8, 4) is 11.5 Å². The lowest BCUT2D eigenvalue weighted by Crippen LogP contribution is -2.17. The number of benzene rings is 1. The van der Waals surface area contributed by atoms with Gasteiger partial charge >= 0.3 is 5.97 Å². The largest absolute Gasteiger partial charge is 0.504 e. The summed E-state index contributed by atoms with van der Waals surface area (Å²) < 4.78 is 4.47. The number of phenols is 2. The number of ether oxygens (including phenoxy) is 1. The van der Waals surface area contributed by atoms with E-state index < -0.39 is 23.3 Å². The van der Waals surface area contributed by atoms with Crippen LogP contribution >= 0.6 is 0 Å². The second kappa shape index (κ2) is 4.45. The summed E-state index contributed by atoms with van der Waals surface area (Å²) in [5.41, 5.74) is -0.270. The van der Waals surface area contributed by atoms with Crippen molar-refractivity contribution in [1.29, 1.82) is 0 Å². The van der Waals surface area contributed by atoms with Gasteiger partial charge in [0.15, 0.2) is 11.5 Å². The van der Waals surface area contributed by atoms with Crippen LogP contribution in [0, 0.1) is 0 Å². The number of Topliss-reactive ketones (excluding diaryl/α,β-unsaturated/α-hetero) is 1. The molecule has 0 spiro atoms. The van der Waals surface area contributed by atoms with E-state index in [-0.39, 0.29) is 12.2 Å². The molecule has 2 N–H and O–H groups in total. The lowest BCUT2D eigenvalue weighted by molar-refractivity contribution is -0.137. The molecular weight excluding hydrogens is 200 g/mol. The third-order valence-electron chi connectivity index (χ3n) is 1.72. The lowest BCUT2D eigenvalue weighted by atomic mass is 10.1. The van der Waals surface area contributed by atoms with Gasteiger partial charge in [0.2, 0.25) is 0 Å². The maximum Gasteiger partial charge on any atom is 0.379 e. The van der Waals surface area contributed by atoms with Crippen molar-refractivity contribution in [2.24, 2.45) is 0 Å². The van der Waals surface area contributed by atoms with Gasteiger partial charge in [-0.05, 0) is 19.1 Å². The molecule has 0 fully saturated rings. The van der Waals surface area contributed by atoms with E-state index in [1.165, 1.54) is 18.2 Å². The molecule has 0 saturated carbocycles. The molecule has 0 heterocycles. The van der Waals surface area contributed by atoms with Gasteiger partial charge in [-0.3, -0.25) is 4.79 Å². The van der Waals surface area contributed by atoms with Crippen LogP contribution in [-0.4, -0.2) is 28.6 Å². The molecule has 0 bridgehead atoms. The number of aromatic hydroxyl groups is 2. The summed E-state index contributed by atoms with van der Waals surface area (Å²) in [5, 5.41) is 18.4. The molecule has 0 atom stereocenters. The van der Waals surface area contributed by atoms with Crippen LogP contribution in [0.25, 0.3) is 0 Å². The molecule has 0 amide bonds. The zero-order valence-electron chi connectivity index (χ0n) is 8.06. The van der Waals surface area contributed by atoms with Gasteiger partial charge in [0.05, 0.1) is 12.2 Å². The average Bonchev–Trinajstić information content (AvgIpc) is 2.21. The number of hydrogen-bond acceptors (Lipinski definition) is 5. The van der Waals surface area contributed by atoms with E-state index in [1.54, 1.807) is 6.92 Å². The molecule has 0 aliphatic heterocycles. The van der Waals surface area contributed by atoms with Crippen molar-refractivity contribution in [1.82, 2.24) is 0 Å². The summed E-state index contributed by atoms with van der Waals surface area (Å²) in [4.78, 5) is 22.4. The van der Waals surface area contributed by atoms with Crippen molar-refractivity contribution >= 4 is 11.8 Å². The molecule has 5 nitrogen and oxygen atoms in total. The van der Waals surface area contributed by atoms with Gasteiger partial charge in [-0.1, -0.05) is 6.07 Å². The maximum absolute atomic E-state index is 11.4. The fourth-order valence-corrected chi connectivity index (χ4v) is 1.02. The molecule has 0 saturated heterocycles. The van der Waals surface area contributed by atoms with Crippen LogP contribution in [0.4, 0.5) is 0 Å². The topological polar surface area (TPSA) is 83.8 Å². The molecule has 0 unspecified atom stereocenters. The molecule has 0 aliphatic carbocycles. The minimum absolute atomic E-state index is 0.0736. The molecule has 80 valence electrons. The van der Waals surface area contributed by atoms with Crippen molar-refractivity contribution in [3.63, 3.8) is 0 Å². The van der Waals surface area contributed by atoms with E-state index >= 15 is 0 Å². The number of carbonyl (C=O) groups excluding carboxylic acids is 2. The third kappa shape index (κ3) is 2.25. The number of para-hydroxylation sites is 1. The SMILES string of the molecule is CCOC(=O)C(=O)c1cccc(O)c1O. The molecule has 15 heavy (non-hydrogen) atoms. The molecule has 5 heteroatoms. The van der Waals surface area contributed by atoms with Gasteiger partial charge in [0.1, 0.15) is 0 Å². The fourth-order valence-electron chi connectivity index (χ4n) is 1.02. The molecule has 1 rings (SSSR count). The zero-order valence-corrected chi connectivity index (χ0v) is 8.06. The summed E-state index contributed by atoms with van der Waals surface area (Å²) in [6.45, 7) is 1.64. The van der Waals surface area contributed by atoms with E-state index in [0.717, 1.165) is 0 Å². The van der Waals surface area contributed by atoms with E-state index in [0.29, 0.717) is 0 Å². The van der Waals surface area contributed by atoms with Gasteiger partial charge in [0, 0.05) is 0 Å². The molecule has 1 aromatic carbocycles. The molecule has 1 aromatic rings. The maximum atomic E-state index is 11.4. The third-order valence-corrected chi connectivity index (χ3v) is 1.72. The summed E-state index contributed by atoms with van der Waals surface area (Å²) in [6.07, 6.45) is 0. The first kappa shape index (κ1) is 11.0. The Hall–Kier alpha value is -2.04. The molecular formula is C10H10O5. The second-order valence-corrected chi connectivity index (χ2v) is 2.72. The quantitative estimate of drug-likeness (QED) is 0.334. The summed E-state index contributed by atoms with van der Waals surface area (Å²) in [5.74, 6) is -3.11. The highest BCUT2D eigenvalue weighted by Crippen LogP contribution is 2.28. The van der Waals surface area contributed by atoms with Crippen LogP contribution in [0.1, 0.15) is 17.3 Å². The van der Waals surface area contributed by atoms with Crippen LogP contribution in [0.15, 0.2) is 18.2 Å². The Morgan fingerprint density at radius 2 is 2.00 bits per heavy atom. The fraction of sp³-hybridized carbons (Fsp3) is 0.200. The predicted octanol–water partition coefficient (Wildman–Crippen LogP) is 0.844. The highest BCUT2D eigenvalue weighted by Gasteiger charge is 2.22. The monoisotopic (exact) mass is 210 g/mol. The number of esters is 1. The molecule has 0 radical (unpaired) electrons. The number of ketones is 1. The summed E-state index contributed by atoms with van der Waals surface area (Å²) in [7, 11) is 0. The predicted molar refractivity (Wildman–Crippen MR) is 50.7 cm³/mol. The molecule has 0 aromatic heterocycles. The van der Waals surface area contributed by atoms with Crippen LogP contribution in [0.5, 0.6) is 11.5 Å². The number of carbonyl (C=O) groups is 2. The number of phenolic OH excluding ortho intramolecular Hbond substituents is 2.